The quantitative estimate of drug-likeness (QED) is 0.688. The third-order valence-electron chi connectivity index (χ3n) is 3.62. The first kappa shape index (κ1) is 18.5. The van der Waals surface area contributed by atoms with Gasteiger partial charge < -0.3 is 5.32 Å². The highest BCUT2D eigenvalue weighted by atomic mass is 32.1. The Bertz CT molecular complexity index is 974. The van der Waals surface area contributed by atoms with Crippen LogP contribution < -0.4 is 10.6 Å². The van der Waals surface area contributed by atoms with Crippen LogP contribution in [0.15, 0.2) is 42.6 Å². The van der Waals surface area contributed by atoms with E-state index in [1.807, 2.05) is 30.3 Å². The number of carbonyl (C=O) groups excluding carboxylic acids is 1. The normalized spacial score (nSPS) is 10.4. The van der Waals surface area contributed by atoms with E-state index in [2.05, 4.69) is 39.7 Å². The highest BCUT2D eigenvalue weighted by molar-refractivity contribution is 7.18. The molecular formula is C19H18N6OS. The van der Waals surface area contributed by atoms with Gasteiger partial charge in [-0.05, 0) is 42.2 Å². The molecule has 0 bridgehead atoms. The average Bonchev–Trinajstić information content (AvgIpc) is 3.11. The lowest BCUT2D eigenvalue weighted by Gasteiger charge is -2.08. The number of anilines is 2. The van der Waals surface area contributed by atoms with Gasteiger partial charge >= 0.3 is 6.03 Å². The molecule has 3 aromatic rings. The predicted molar refractivity (Wildman–Crippen MR) is 105 cm³/mol. The topological polar surface area (TPSA) is 104 Å². The van der Waals surface area contributed by atoms with Crippen molar-refractivity contribution in [3.05, 3.63) is 53.9 Å². The fraction of sp³-hybridized carbons (Fsp3) is 0.211. The number of urea groups is 1. The standard InChI is InChI=1S/C19H18N6OS/c1-12(2)9-13-3-5-15(6-4-13)22-18(26)23-19-25-24-17(27-19)14-7-8-21-16(10-14)11-20/h3-8,10,12H,9H2,1-2H3,(H2,22,23,25,26). The van der Waals surface area contributed by atoms with Gasteiger partial charge in [-0.2, -0.15) is 5.26 Å². The van der Waals surface area contributed by atoms with E-state index < -0.39 is 0 Å². The Morgan fingerprint density at radius 1 is 1.19 bits per heavy atom. The van der Waals surface area contributed by atoms with Crippen LogP contribution in [0.3, 0.4) is 0 Å². The third-order valence-corrected chi connectivity index (χ3v) is 4.51. The molecule has 0 spiro atoms. The maximum Gasteiger partial charge on any atom is 0.325 e. The Hall–Kier alpha value is -3.31. The first-order chi connectivity index (χ1) is 13.0. The Morgan fingerprint density at radius 3 is 2.67 bits per heavy atom. The summed E-state index contributed by atoms with van der Waals surface area (Å²) in [5.74, 6) is 0.586. The van der Waals surface area contributed by atoms with Crippen LogP contribution in [0.1, 0.15) is 25.1 Å². The van der Waals surface area contributed by atoms with Gasteiger partial charge in [-0.3, -0.25) is 5.32 Å². The number of nitrogens with zero attached hydrogens (tertiary/aromatic N) is 4. The molecule has 0 atom stereocenters. The number of amides is 2. The van der Waals surface area contributed by atoms with E-state index in [0.29, 0.717) is 27.4 Å². The van der Waals surface area contributed by atoms with Gasteiger partial charge in [-0.25, -0.2) is 9.78 Å². The minimum atomic E-state index is -0.387. The van der Waals surface area contributed by atoms with Crippen LogP contribution in [0, 0.1) is 17.2 Å². The van der Waals surface area contributed by atoms with Crippen molar-refractivity contribution in [1.29, 1.82) is 5.26 Å². The average molecular weight is 378 g/mol. The highest BCUT2D eigenvalue weighted by Crippen LogP contribution is 2.26. The van der Waals surface area contributed by atoms with Gasteiger partial charge in [0, 0.05) is 17.4 Å². The maximum atomic E-state index is 12.2. The summed E-state index contributed by atoms with van der Waals surface area (Å²) in [4.78, 5) is 16.1. The van der Waals surface area contributed by atoms with Crippen LogP contribution in [-0.2, 0) is 6.42 Å². The zero-order valence-corrected chi connectivity index (χ0v) is 15.7. The molecule has 27 heavy (non-hydrogen) atoms. The van der Waals surface area contributed by atoms with Crippen molar-refractivity contribution >= 4 is 28.2 Å². The molecule has 136 valence electrons. The lowest BCUT2D eigenvalue weighted by molar-refractivity contribution is 0.262. The molecule has 0 fully saturated rings. The number of aromatic nitrogens is 3. The van der Waals surface area contributed by atoms with Crippen LogP contribution in [0.5, 0.6) is 0 Å². The SMILES string of the molecule is CC(C)Cc1ccc(NC(=O)Nc2nnc(-c3ccnc(C#N)c3)s2)cc1. The first-order valence-corrected chi connectivity index (χ1v) is 9.22. The number of carbonyl (C=O) groups is 1. The number of hydrogen-bond acceptors (Lipinski definition) is 6. The molecule has 0 aliphatic carbocycles. The molecule has 3 rings (SSSR count). The van der Waals surface area contributed by atoms with Crippen LogP contribution in [0.4, 0.5) is 15.6 Å². The lowest BCUT2D eigenvalue weighted by atomic mass is 10.0. The Labute approximate surface area is 161 Å². The minimum absolute atomic E-state index is 0.302. The van der Waals surface area contributed by atoms with E-state index in [1.165, 1.54) is 23.1 Å². The Kier molecular flexibility index (Phi) is 5.74. The second-order valence-corrected chi connectivity index (χ2v) is 7.31. The van der Waals surface area contributed by atoms with Crippen molar-refractivity contribution in [3.63, 3.8) is 0 Å². The van der Waals surface area contributed by atoms with Crippen molar-refractivity contribution < 1.29 is 4.79 Å². The summed E-state index contributed by atoms with van der Waals surface area (Å²) in [6, 6.07) is 12.7. The van der Waals surface area contributed by atoms with Crippen LogP contribution >= 0.6 is 11.3 Å². The van der Waals surface area contributed by atoms with Gasteiger partial charge in [0.15, 0.2) is 0 Å². The first-order valence-electron chi connectivity index (χ1n) is 8.40. The molecule has 2 amide bonds. The van der Waals surface area contributed by atoms with Gasteiger partial charge in [0.05, 0.1) is 0 Å². The lowest BCUT2D eigenvalue weighted by Crippen LogP contribution is -2.19. The number of hydrogen-bond donors (Lipinski definition) is 2. The van der Waals surface area contributed by atoms with Crippen molar-refractivity contribution in [2.75, 3.05) is 10.6 Å². The number of nitrogens with one attached hydrogen (secondary N) is 2. The summed E-state index contributed by atoms with van der Waals surface area (Å²) in [5, 5.41) is 23.4. The van der Waals surface area contributed by atoms with Gasteiger partial charge in [0.25, 0.3) is 0 Å². The van der Waals surface area contributed by atoms with Gasteiger partial charge in [0.1, 0.15) is 16.8 Å². The number of nitriles is 1. The van der Waals surface area contributed by atoms with Crippen LogP contribution in [0.25, 0.3) is 10.6 Å². The van der Waals surface area contributed by atoms with Gasteiger partial charge in [0.2, 0.25) is 5.13 Å². The van der Waals surface area contributed by atoms with Crippen LogP contribution in [-0.4, -0.2) is 21.2 Å². The molecule has 8 heteroatoms. The molecular weight excluding hydrogens is 360 g/mol. The summed E-state index contributed by atoms with van der Waals surface area (Å²) in [7, 11) is 0. The second-order valence-electron chi connectivity index (χ2n) is 6.33. The summed E-state index contributed by atoms with van der Waals surface area (Å²) in [5.41, 5.74) is 2.97. The molecule has 2 heterocycles. The monoisotopic (exact) mass is 378 g/mol. The summed E-state index contributed by atoms with van der Waals surface area (Å²) >= 11 is 1.22. The van der Waals surface area contributed by atoms with E-state index in [0.717, 1.165) is 12.0 Å². The van der Waals surface area contributed by atoms with E-state index in [9.17, 15) is 4.79 Å². The summed E-state index contributed by atoms with van der Waals surface area (Å²) < 4.78 is 0. The summed E-state index contributed by atoms with van der Waals surface area (Å²) in [6.45, 7) is 4.34. The molecule has 2 aromatic heterocycles. The smallest absolute Gasteiger partial charge is 0.308 e. The molecule has 1 aromatic carbocycles. The van der Waals surface area contributed by atoms with E-state index >= 15 is 0 Å². The maximum absolute atomic E-state index is 12.2. The largest absolute Gasteiger partial charge is 0.325 e. The van der Waals surface area contributed by atoms with Gasteiger partial charge in [-0.15, -0.1) is 10.2 Å². The number of benzene rings is 1. The van der Waals surface area contributed by atoms with Crippen LogP contribution in [0.2, 0.25) is 0 Å². The minimum Gasteiger partial charge on any atom is -0.308 e. The molecule has 0 saturated carbocycles. The molecule has 2 N–H and O–H groups in total. The third kappa shape index (κ3) is 5.09. The zero-order valence-electron chi connectivity index (χ0n) is 14.9. The number of rotatable bonds is 5. The molecule has 7 nitrogen and oxygen atoms in total. The second kappa shape index (κ2) is 8.38. The van der Waals surface area contributed by atoms with E-state index in [1.54, 1.807) is 12.1 Å². The summed E-state index contributed by atoms with van der Waals surface area (Å²) in [6.07, 6.45) is 2.54. The van der Waals surface area contributed by atoms with Gasteiger partial charge in [-0.1, -0.05) is 37.3 Å². The fourth-order valence-corrected chi connectivity index (χ4v) is 3.21. The predicted octanol–water partition coefficient (Wildman–Crippen LogP) is 4.31. The van der Waals surface area contributed by atoms with Crippen molar-refractivity contribution in [2.24, 2.45) is 5.92 Å². The van der Waals surface area contributed by atoms with Crippen molar-refractivity contribution in [1.82, 2.24) is 15.2 Å². The number of pyridine rings is 1. The molecule has 0 aliphatic heterocycles. The molecule has 0 saturated heterocycles. The van der Waals surface area contributed by atoms with Crippen molar-refractivity contribution in [2.45, 2.75) is 20.3 Å². The molecule has 0 aliphatic rings. The fourth-order valence-electron chi connectivity index (χ4n) is 2.47. The van der Waals surface area contributed by atoms with Crippen molar-refractivity contribution in [3.8, 4) is 16.6 Å². The zero-order chi connectivity index (χ0) is 19.2. The Balaban J connectivity index is 1.61. The molecule has 0 unspecified atom stereocenters. The highest BCUT2D eigenvalue weighted by Gasteiger charge is 2.11. The Morgan fingerprint density at radius 2 is 1.96 bits per heavy atom. The van der Waals surface area contributed by atoms with E-state index in [-0.39, 0.29) is 6.03 Å². The van der Waals surface area contributed by atoms with E-state index in [4.69, 9.17) is 5.26 Å². The molecule has 0 radical (unpaired) electrons.